The third-order valence-corrected chi connectivity index (χ3v) is 3.14. The maximum Gasteiger partial charge on any atom is 0.0249 e. The van der Waals surface area contributed by atoms with Gasteiger partial charge in [-0.3, -0.25) is 0 Å². The summed E-state index contributed by atoms with van der Waals surface area (Å²) in [5.41, 5.74) is 8.91. The van der Waals surface area contributed by atoms with Crippen LogP contribution in [0.25, 0.3) is 0 Å². The molecule has 0 saturated carbocycles. The predicted molar refractivity (Wildman–Crippen MR) is 59.4 cm³/mol. The molecule has 1 saturated heterocycles. The average Bonchev–Trinajstić information content (AvgIpc) is 2.46. The van der Waals surface area contributed by atoms with Crippen LogP contribution in [0.3, 0.4) is 0 Å². The summed E-state index contributed by atoms with van der Waals surface area (Å²) < 4.78 is 0. The molecule has 0 amide bonds. The van der Waals surface area contributed by atoms with Crippen LogP contribution >= 0.6 is 0 Å². The minimum atomic E-state index is 0.293. The fraction of sp³-hybridized carbons (Fsp3) is 0.500. The third-order valence-electron chi connectivity index (χ3n) is 3.14. The van der Waals surface area contributed by atoms with E-state index in [0.717, 1.165) is 13.1 Å². The lowest BCUT2D eigenvalue weighted by Gasteiger charge is -2.16. The number of rotatable bonds is 1. The van der Waals surface area contributed by atoms with E-state index in [2.05, 4.69) is 43.1 Å². The number of nitrogens with zero attached hydrogens (tertiary/aromatic N) is 1. The van der Waals surface area contributed by atoms with E-state index in [1.165, 1.54) is 11.1 Å². The number of likely N-dealkylation sites (N-methyl/N-ethyl adjacent to an activating group) is 1. The Morgan fingerprint density at radius 1 is 1.29 bits per heavy atom. The molecule has 2 rings (SSSR count). The molecular weight excluding hydrogens is 172 g/mol. The van der Waals surface area contributed by atoms with Gasteiger partial charge in [0.05, 0.1) is 0 Å². The third kappa shape index (κ3) is 1.68. The Balaban J connectivity index is 2.27. The Morgan fingerprint density at radius 3 is 2.57 bits per heavy atom. The summed E-state index contributed by atoms with van der Waals surface area (Å²) in [6.07, 6.45) is 0. The van der Waals surface area contributed by atoms with E-state index >= 15 is 0 Å². The molecule has 1 fully saturated rings. The fourth-order valence-electron chi connectivity index (χ4n) is 2.36. The Hall–Kier alpha value is -0.860. The van der Waals surface area contributed by atoms with Gasteiger partial charge in [-0.1, -0.05) is 24.3 Å². The highest BCUT2D eigenvalue weighted by atomic mass is 15.1. The summed E-state index contributed by atoms with van der Waals surface area (Å²) in [5.74, 6) is 0.515. The lowest BCUT2D eigenvalue weighted by Crippen LogP contribution is -2.28. The second-order valence-corrected chi connectivity index (χ2v) is 4.35. The molecule has 0 unspecified atom stereocenters. The molecule has 0 bridgehead atoms. The molecule has 1 aromatic rings. The van der Waals surface area contributed by atoms with Gasteiger partial charge in [0.1, 0.15) is 0 Å². The SMILES string of the molecule is Cc1ccccc1[C@@H]1CN(C)C[C@H]1N. The summed E-state index contributed by atoms with van der Waals surface area (Å²) in [4.78, 5) is 2.31. The second-order valence-electron chi connectivity index (χ2n) is 4.35. The van der Waals surface area contributed by atoms with Gasteiger partial charge in [0.2, 0.25) is 0 Å². The van der Waals surface area contributed by atoms with Crippen LogP contribution in [0, 0.1) is 6.92 Å². The van der Waals surface area contributed by atoms with Crippen LogP contribution in [-0.2, 0) is 0 Å². The second kappa shape index (κ2) is 3.71. The maximum absolute atomic E-state index is 6.13. The van der Waals surface area contributed by atoms with E-state index in [-0.39, 0.29) is 0 Å². The van der Waals surface area contributed by atoms with Crippen LogP contribution in [0.1, 0.15) is 17.0 Å². The van der Waals surface area contributed by atoms with Crippen molar-refractivity contribution in [2.45, 2.75) is 18.9 Å². The van der Waals surface area contributed by atoms with Crippen molar-refractivity contribution in [2.24, 2.45) is 5.73 Å². The molecule has 1 aromatic carbocycles. The zero-order valence-electron chi connectivity index (χ0n) is 8.90. The molecule has 1 aliphatic rings. The number of nitrogens with two attached hydrogens (primary N) is 1. The summed E-state index contributed by atoms with van der Waals surface area (Å²) >= 11 is 0. The molecule has 2 atom stereocenters. The lowest BCUT2D eigenvalue weighted by atomic mass is 9.91. The molecule has 76 valence electrons. The molecule has 0 spiro atoms. The highest BCUT2D eigenvalue weighted by Crippen LogP contribution is 2.27. The van der Waals surface area contributed by atoms with Gasteiger partial charge in [-0.15, -0.1) is 0 Å². The number of benzene rings is 1. The number of aryl methyl sites for hydroxylation is 1. The van der Waals surface area contributed by atoms with E-state index in [9.17, 15) is 0 Å². The smallest absolute Gasteiger partial charge is 0.0249 e. The van der Waals surface area contributed by atoms with Crippen molar-refractivity contribution in [2.75, 3.05) is 20.1 Å². The standard InChI is InChI=1S/C12H18N2/c1-9-5-3-4-6-10(9)11-7-14(2)8-12(11)13/h3-6,11-12H,7-8,13H2,1-2H3/t11-,12+/m0/s1. The molecule has 1 heterocycles. The van der Waals surface area contributed by atoms with E-state index in [1.54, 1.807) is 0 Å². The zero-order valence-corrected chi connectivity index (χ0v) is 8.90. The lowest BCUT2D eigenvalue weighted by molar-refractivity contribution is 0.407. The zero-order chi connectivity index (χ0) is 10.1. The van der Waals surface area contributed by atoms with Crippen molar-refractivity contribution >= 4 is 0 Å². The predicted octanol–water partition coefficient (Wildman–Crippen LogP) is 1.35. The summed E-state index contributed by atoms with van der Waals surface area (Å²) in [6, 6.07) is 8.86. The summed E-state index contributed by atoms with van der Waals surface area (Å²) in [7, 11) is 2.14. The number of hydrogen-bond donors (Lipinski definition) is 1. The van der Waals surface area contributed by atoms with Crippen molar-refractivity contribution < 1.29 is 0 Å². The molecule has 0 radical (unpaired) electrons. The van der Waals surface area contributed by atoms with Gasteiger partial charge < -0.3 is 10.6 Å². The Bertz CT molecular complexity index is 322. The van der Waals surface area contributed by atoms with E-state index < -0.39 is 0 Å². The first-order valence-electron chi connectivity index (χ1n) is 5.18. The molecule has 2 N–H and O–H groups in total. The quantitative estimate of drug-likeness (QED) is 0.724. The van der Waals surface area contributed by atoms with Gasteiger partial charge in [0, 0.05) is 25.0 Å². The summed E-state index contributed by atoms with van der Waals surface area (Å²) in [5, 5.41) is 0. The number of hydrogen-bond acceptors (Lipinski definition) is 2. The van der Waals surface area contributed by atoms with Crippen molar-refractivity contribution in [1.29, 1.82) is 0 Å². The average molecular weight is 190 g/mol. The topological polar surface area (TPSA) is 29.3 Å². The molecule has 0 aromatic heterocycles. The van der Waals surface area contributed by atoms with E-state index in [0.29, 0.717) is 12.0 Å². The number of likely N-dealkylation sites (tertiary alicyclic amines) is 1. The normalized spacial score (nSPS) is 28.2. The van der Waals surface area contributed by atoms with Gasteiger partial charge in [-0.05, 0) is 25.1 Å². The molecule has 14 heavy (non-hydrogen) atoms. The van der Waals surface area contributed by atoms with Crippen LogP contribution in [0.2, 0.25) is 0 Å². The van der Waals surface area contributed by atoms with Crippen LogP contribution in [0.15, 0.2) is 24.3 Å². The summed E-state index contributed by atoms with van der Waals surface area (Å²) in [6.45, 7) is 4.27. The van der Waals surface area contributed by atoms with E-state index in [4.69, 9.17) is 5.73 Å². The van der Waals surface area contributed by atoms with Crippen molar-refractivity contribution in [1.82, 2.24) is 4.90 Å². The Labute approximate surface area is 85.7 Å². The Kier molecular flexibility index (Phi) is 2.57. The first-order chi connectivity index (χ1) is 6.68. The minimum absolute atomic E-state index is 0.293. The monoisotopic (exact) mass is 190 g/mol. The van der Waals surface area contributed by atoms with Gasteiger partial charge in [-0.2, -0.15) is 0 Å². The maximum atomic E-state index is 6.13. The van der Waals surface area contributed by atoms with E-state index in [1.807, 2.05) is 0 Å². The molecule has 2 heteroatoms. The highest BCUT2D eigenvalue weighted by molar-refractivity contribution is 5.31. The van der Waals surface area contributed by atoms with Crippen LogP contribution in [0.4, 0.5) is 0 Å². The van der Waals surface area contributed by atoms with Crippen LogP contribution in [0.5, 0.6) is 0 Å². The molecule has 1 aliphatic heterocycles. The molecular formula is C12H18N2. The van der Waals surface area contributed by atoms with Gasteiger partial charge in [0.25, 0.3) is 0 Å². The Morgan fingerprint density at radius 2 is 2.00 bits per heavy atom. The first-order valence-corrected chi connectivity index (χ1v) is 5.18. The fourth-order valence-corrected chi connectivity index (χ4v) is 2.36. The van der Waals surface area contributed by atoms with Gasteiger partial charge in [0.15, 0.2) is 0 Å². The molecule has 0 aliphatic carbocycles. The highest BCUT2D eigenvalue weighted by Gasteiger charge is 2.29. The van der Waals surface area contributed by atoms with Crippen LogP contribution < -0.4 is 5.73 Å². The first kappa shape index (κ1) is 9.69. The molecule has 2 nitrogen and oxygen atoms in total. The van der Waals surface area contributed by atoms with Crippen LogP contribution in [-0.4, -0.2) is 31.1 Å². The van der Waals surface area contributed by atoms with Gasteiger partial charge >= 0.3 is 0 Å². The van der Waals surface area contributed by atoms with Crippen molar-refractivity contribution in [3.63, 3.8) is 0 Å². The van der Waals surface area contributed by atoms with Gasteiger partial charge in [-0.25, -0.2) is 0 Å². The minimum Gasteiger partial charge on any atom is -0.326 e. The van der Waals surface area contributed by atoms with Crippen molar-refractivity contribution in [3.05, 3.63) is 35.4 Å². The van der Waals surface area contributed by atoms with Crippen molar-refractivity contribution in [3.8, 4) is 0 Å². The largest absolute Gasteiger partial charge is 0.326 e.